The lowest BCUT2D eigenvalue weighted by atomic mass is 10.1. The van der Waals surface area contributed by atoms with Crippen molar-refractivity contribution in [1.82, 2.24) is 14.8 Å². The first-order valence-corrected chi connectivity index (χ1v) is 11.2. The number of hydrogen-bond donors (Lipinski definition) is 1. The van der Waals surface area contributed by atoms with Gasteiger partial charge in [0.05, 0.1) is 38.3 Å². The molecule has 2 aromatic carbocycles. The zero-order valence-electron chi connectivity index (χ0n) is 19.0. The number of nitrogens with one attached hydrogen (secondary N) is 1. The maximum atomic E-state index is 12.5. The van der Waals surface area contributed by atoms with Crippen molar-refractivity contribution in [2.75, 3.05) is 32.4 Å². The Morgan fingerprint density at radius 1 is 1.03 bits per heavy atom. The van der Waals surface area contributed by atoms with E-state index in [0.717, 1.165) is 11.4 Å². The maximum absolute atomic E-state index is 12.5. The van der Waals surface area contributed by atoms with Gasteiger partial charge in [-0.3, -0.25) is 4.79 Å². The van der Waals surface area contributed by atoms with Crippen LogP contribution in [0.15, 0.2) is 47.6 Å². The quantitative estimate of drug-likeness (QED) is 0.355. The van der Waals surface area contributed by atoms with E-state index < -0.39 is 5.97 Å². The lowest BCUT2D eigenvalue weighted by Gasteiger charge is -2.11. The first-order chi connectivity index (χ1) is 16.0. The third-order valence-corrected chi connectivity index (χ3v) is 5.83. The molecule has 1 aromatic heterocycles. The lowest BCUT2D eigenvalue weighted by molar-refractivity contribution is -0.113. The van der Waals surface area contributed by atoms with E-state index in [1.54, 1.807) is 38.5 Å². The van der Waals surface area contributed by atoms with Crippen molar-refractivity contribution in [3.05, 3.63) is 59.4 Å². The molecule has 3 rings (SSSR count). The van der Waals surface area contributed by atoms with Gasteiger partial charge in [0.15, 0.2) is 16.7 Å². The normalized spacial score (nSPS) is 10.5. The summed E-state index contributed by atoms with van der Waals surface area (Å²) in [6.45, 7) is 2.66. The van der Waals surface area contributed by atoms with Gasteiger partial charge in [-0.15, -0.1) is 10.2 Å². The first kappa shape index (κ1) is 24.1. The Kier molecular flexibility index (Phi) is 8.31. The van der Waals surface area contributed by atoms with Crippen LogP contribution in [0.1, 0.15) is 28.7 Å². The predicted octanol–water partition coefficient (Wildman–Crippen LogP) is 3.42. The van der Waals surface area contributed by atoms with Gasteiger partial charge in [0.1, 0.15) is 5.82 Å². The molecule has 33 heavy (non-hydrogen) atoms. The van der Waals surface area contributed by atoms with Gasteiger partial charge >= 0.3 is 5.97 Å². The average Bonchev–Trinajstić information content (AvgIpc) is 3.23. The number of amides is 1. The number of nitrogens with zero attached hydrogens (tertiary/aromatic N) is 3. The molecule has 10 heteroatoms. The highest BCUT2D eigenvalue weighted by atomic mass is 32.2. The largest absolute Gasteiger partial charge is 0.493 e. The van der Waals surface area contributed by atoms with Crippen molar-refractivity contribution >= 4 is 29.3 Å². The summed E-state index contributed by atoms with van der Waals surface area (Å²) in [6.07, 6.45) is 0.556. The van der Waals surface area contributed by atoms with Crippen molar-refractivity contribution < 1.29 is 23.8 Å². The third-order valence-electron chi connectivity index (χ3n) is 4.86. The molecule has 0 unspecified atom stereocenters. The van der Waals surface area contributed by atoms with Crippen LogP contribution in [0.5, 0.6) is 11.5 Å². The number of carbonyl (C=O) groups excluding carboxylic acids is 2. The van der Waals surface area contributed by atoms with Crippen molar-refractivity contribution in [3.8, 4) is 11.5 Å². The number of carbonyl (C=O) groups is 2. The molecule has 0 radical (unpaired) electrons. The number of ether oxygens (including phenoxy) is 3. The predicted molar refractivity (Wildman–Crippen MR) is 125 cm³/mol. The Balaban J connectivity index is 1.67. The van der Waals surface area contributed by atoms with Gasteiger partial charge in [0.25, 0.3) is 0 Å². The van der Waals surface area contributed by atoms with Crippen LogP contribution in [0.4, 0.5) is 5.69 Å². The number of aromatic nitrogens is 3. The highest BCUT2D eigenvalue weighted by molar-refractivity contribution is 7.99. The van der Waals surface area contributed by atoms with E-state index in [4.69, 9.17) is 14.2 Å². The molecule has 0 aliphatic carbocycles. The Morgan fingerprint density at radius 2 is 1.79 bits per heavy atom. The molecule has 1 N–H and O–H groups in total. The number of hydrogen-bond acceptors (Lipinski definition) is 8. The molecule has 1 amide bonds. The topological polar surface area (TPSA) is 105 Å². The zero-order valence-corrected chi connectivity index (χ0v) is 19.8. The molecule has 0 aliphatic heterocycles. The van der Waals surface area contributed by atoms with E-state index in [1.807, 2.05) is 29.7 Å². The van der Waals surface area contributed by atoms with Crippen LogP contribution in [0, 0.1) is 0 Å². The molecule has 0 fully saturated rings. The van der Waals surface area contributed by atoms with Crippen LogP contribution < -0.4 is 14.8 Å². The van der Waals surface area contributed by atoms with Crippen LogP contribution in [0.25, 0.3) is 0 Å². The second-order valence-electron chi connectivity index (χ2n) is 6.88. The molecule has 0 aliphatic rings. The SMILES string of the molecule is CCn1c(Cc2ccc(OC)c(OC)c2)nnc1SCC(=O)Nc1ccccc1C(=O)OC. The fraction of sp³-hybridized carbons (Fsp3) is 0.304. The molecule has 0 saturated carbocycles. The Hall–Kier alpha value is -3.53. The lowest BCUT2D eigenvalue weighted by Crippen LogP contribution is -2.17. The van der Waals surface area contributed by atoms with E-state index in [2.05, 4.69) is 15.5 Å². The molecule has 9 nitrogen and oxygen atoms in total. The summed E-state index contributed by atoms with van der Waals surface area (Å²) in [6, 6.07) is 12.4. The number of benzene rings is 2. The maximum Gasteiger partial charge on any atom is 0.339 e. The van der Waals surface area contributed by atoms with E-state index in [9.17, 15) is 9.59 Å². The minimum Gasteiger partial charge on any atom is -0.493 e. The van der Waals surface area contributed by atoms with Gasteiger partial charge in [-0.2, -0.15) is 0 Å². The Labute approximate surface area is 196 Å². The molecule has 1 heterocycles. The van der Waals surface area contributed by atoms with Gasteiger partial charge in [-0.05, 0) is 36.8 Å². The highest BCUT2D eigenvalue weighted by Crippen LogP contribution is 2.29. The van der Waals surface area contributed by atoms with Gasteiger partial charge in [-0.25, -0.2) is 4.79 Å². The van der Waals surface area contributed by atoms with Crippen LogP contribution in [-0.4, -0.2) is 53.7 Å². The van der Waals surface area contributed by atoms with Gasteiger partial charge < -0.3 is 24.1 Å². The molecule has 3 aromatic rings. The van der Waals surface area contributed by atoms with Crippen molar-refractivity contribution in [1.29, 1.82) is 0 Å². The molecule has 0 spiro atoms. The van der Waals surface area contributed by atoms with E-state index in [-0.39, 0.29) is 11.7 Å². The minimum absolute atomic E-state index is 0.115. The second-order valence-corrected chi connectivity index (χ2v) is 7.83. The van der Waals surface area contributed by atoms with Crippen LogP contribution in [0.3, 0.4) is 0 Å². The fourth-order valence-electron chi connectivity index (χ4n) is 3.24. The summed E-state index contributed by atoms with van der Waals surface area (Å²) in [7, 11) is 4.49. The summed E-state index contributed by atoms with van der Waals surface area (Å²) in [5, 5.41) is 12.0. The standard InChI is InChI=1S/C23H26N4O5S/c1-5-27-20(13-15-10-11-18(30-2)19(12-15)31-3)25-26-23(27)33-14-21(28)24-17-9-7-6-8-16(17)22(29)32-4/h6-12H,5,13-14H2,1-4H3,(H,24,28). The number of rotatable bonds is 10. The number of para-hydroxylation sites is 1. The molecule has 174 valence electrons. The average molecular weight is 471 g/mol. The van der Waals surface area contributed by atoms with Crippen LogP contribution in [-0.2, 0) is 22.5 Å². The highest BCUT2D eigenvalue weighted by Gasteiger charge is 2.17. The van der Waals surface area contributed by atoms with Gasteiger partial charge in [0.2, 0.25) is 5.91 Å². The van der Waals surface area contributed by atoms with E-state index in [1.165, 1.54) is 18.9 Å². The molecular weight excluding hydrogens is 444 g/mol. The number of thioether (sulfide) groups is 1. The van der Waals surface area contributed by atoms with Crippen LogP contribution >= 0.6 is 11.8 Å². The first-order valence-electron chi connectivity index (χ1n) is 10.2. The smallest absolute Gasteiger partial charge is 0.339 e. The summed E-state index contributed by atoms with van der Waals surface area (Å²) in [5.41, 5.74) is 1.71. The molecule has 0 atom stereocenters. The Bertz CT molecular complexity index is 1130. The molecular formula is C23H26N4O5S. The van der Waals surface area contributed by atoms with Crippen molar-refractivity contribution in [3.63, 3.8) is 0 Å². The second kappa shape index (κ2) is 11.4. The van der Waals surface area contributed by atoms with Crippen LogP contribution in [0.2, 0.25) is 0 Å². The van der Waals surface area contributed by atoms with Gasteiger partial charge in [0, 0.05) is 13.0 Å². The number of esters is 1. The Morgan fingerprint density at radius 3 is 2.48 bits per heavy atom. The minimum atomic E-state index is -0.510. The number of anilines is 1. The summed E-state index contributed by atoms with van der Waals surface area (Å²) in [5.74, 6) is 1.44. The van der Waals surface area contributed by atoms with Crippen molar-refractivity contribution in [2.24, 2.45) is 0 Å². The summed E-state index contributed by atoms with van der Waals surface area (Å²) >= 11 is 1.28. The summed E-state index contributed by atoms with van der Waals surface area (Å²) in [4.78, 5) is 24.4. The van der Waals surface area contributed by atoms with E-state index in [0.29, 0.717) is 40.9 Å². The van der Waals surface area contributed by atoms with Crippen molar-refractivity contribution in [2.45, 2.75) is 25.0 Å². The molecule has 0 saturated heterocycles. The molecule has 0 bridgehead atoms. The third kappa shape index (κ3) is 5.83. The van der Waals surface area contributed by atoms with E-state index >= 15 is 0 Å². The monoisotopic (exact) mass is 470 g/mol. The summed E-state index contributed by atoms with van der Waals surface area (Å²) < 4.78 is 17.4. The zero-order chi connectivity index (χ0) is 23.8. The number of methoxy groups -OCH3 is 3. The fourth-order valence-corrected chi connectivity index (χ4v) is 4.07. The van der Waals surface area contributed by atoms with Gasteiger partial charge in [-0.1, -0.05) is 30.0 Å².